The Bertz CT molecular complexity index is 1020. The molecule has 3 saturated heterocycles. The quantitative estimate of drug-likeness (QED) is 0.330. The van der Waals surface area contributed by atoms with E-state index in [4.69, 9.17) is 0 Å². The largest absolute Gasteiger partial charge is 0.477 e. The van der Waals surface area contributed by atoms with Crippen molar-refractivity contribution in [1.82, 2.24) is 20.4 Å². The van der Waals surface area contributed by atoms with Gasteiger partial charge in [0.05, 0.1) is 24.5 Å². The van der Waals surface area contributed by atoms with Crippen LogP contribution in [0.2, 0.25) is 0 Å². The summed E-state index contributed by atoms with van der Waals surface area (Å²) in [6.07, 6.45) is 2.19. The normalized spacial score (nSPS) is 31.9. The molecular weight excluding hydrogens is 496 g/mol. The van der Waals surface area contributed by atoms with E-state index in [9.17, 15) is 29.1 Å². The number of carbonyl (C=O) groups is 5. The molecule has 0 aromatic heterocycles. The molecule has 0 radical (unpaired) electrons. The number of likely N-dealkylation sites (tertiary alicyclic amines) is 1. The van der Waals surface area contributed by atoms with Gasteiger partial charge >= 0.3 is 5.97 Å². The maximum absolute atomic E-state index is 13.2. The number of nitrogens with one attached hydrogen (secondary N) is 2. The van der Waals surface area contributed by atoms with Crippen molar-refractivity contribution in [2.45, 2.75) is 63.8 Å². The Morgan fingerprint density at radius 3 is 2.65 bits per heavy atom. The van der Waals surface area contributed by atoms with Crippen LogP contribution in [0.3, 0.4) is 0 Å². The number of thioether (sulfide) groups is 1. The van der Waals surface area contributed by atoms with E-state index in [2.05, 4.69) is 10.6 Å². The lowest BCUT2D eigenvalue weighted by atomic mass is 9.73. The third-order valence-corrected chi connectivity index (χ3v) is 9.70. The third kappa shape index (κ3) is 5.49. The standard InChI is InChI=1S/C26H38N4O6S/c1-13(7-14(2)31)20-21-15(3)23(22(26(35)36)30(21)25(20)34)37-18-9-19(28-11-18)24(33)29-6-5-16(12-29)8-17(32)10-27-4/h13,15-16,18-21,27-28H,5-12H2,1-4H3,(H,35,36)/t13-,15+,16+,18-,19-,20+,21-/m0/s1. The van der Waals surface area contributed by atoms with Gasteiger partial charge in [0.25, 0.3) is 0 Å². The van der Waals surface area contributed by atoms with E-state index in [1.807, 2.05) is 18.7 Å². The first-order chi connectivity index (χ1) is 17.5. The minimum Gasteiger partial charge on any atom is -0.477 e. The predicted octanol–water partition coefficient (Wildman–Crippen LogP) is 0.865. The van der Waals surface area contributed by atoms with Crippen molar-refractivity contribution in [3.05, 3.63) is 10.6 Å². The molecule has 4 heterocycles. The van der Waals surface area contributed by atoms with Crippen molar-refractivity contribution in [2.75, 3.05) is 33.2 Å². The molecule has 0 saturated carbocycles. The van der Waals surface area contributed by atoms with E-state index in [1.165, 1.54) is 23.6 Å². The molecule has 0 aromatic carbocycles. The maximum atomic E-state index is 13.2. The fourth-order valence-electron chi connectivity index (χ4n) is 6.52. The molecule has 3 N–H and O–H groups in total. The molecule has 4 aliphatic heterocycles. The number of aliphatic carboxylic acids is 1. The summed E-state index contributed by atoms with van der Waals surface area (Å²) < 4.78 is 0. The first-order valence-electron chi connectivity index (χ1n) is 13.2. The molecule has 10 nitrogen and oxygen atoms in total. The summed E-state index contributed by atoms with van der Waals surface area (Å²) in [6, 6.07) is -0.578. The fraction of sp³-hybridized carbons (Fsp3) is 0.731. The Morgan fingerprint density at radius 1 is 1.27 bits per heavy atom. The van der Waals surface area contributed by atoms with Gasteiger partial charge in [-0.3, -0.25) is 14.4 Å². The Hall–Kier alpha value is -2.24. The number of nitrogens with zero attached hydrogens (tertiary/aromatic N) is 2. The van der Waals surface area contributed by atoms with Crippen molar-refractivity contribution in [1.29, 1.82) is 0 Å². The number of amides is 2. The number of hydrogen-bond donors (Lipinski definition) is 3. The van der Waals surface area contributed by atoms with Crippen molar-refractivity contribution >= 4 is 41.1 Å². The summed E-state index contributed by atoms with van der Waals surface area (Å²) in [7, 11) is 1.75. The van der Waals surface area contributed by atoms with Gasteiger partial charge in [0, 0.05) is 48.5 Å². The summed E-state index contributed by atoms with van der Waals surface area (Å²) in [5, 5.41) is 16.2. The van der Waals surface area contributed by atoms with Crippen molar-refractivity contribution in [3.8, 4) is 0 Å². The van der Waals surface area contributed by atoms with Gasteiger partial charge in [0.2, 0.25) is 11.8 Å². The summed E-state index contributed by atoms with van der Waals surface area (Å²) in [6.45, 7) is 7.51. The molecule has 0 bridgehead atoms. The molecule has 204 valence electrons. The van der Waals surface area contributed by atoms with Crippen LogP contribution in [0.5, 0.6) is 0 Å². The first kappa shape index (κ1) is 27.8. The molecule has 0 spiro atoms. The Balaban J connectivity index is 1.37. The van der Waals surface area contributed by atoms with E-state index in [-0.39, 0.29) is 70.1 Å². The number of β-lactam (4-membered cyclic amide) rings is 1. The number of carboxylic acid groups (broad SMARTS) is 1. The van der Waals surface area contributed by atoms with Crippen molar-refractivity contribution < 1.29 is 29.1 Å². The van der Waals surface area contributed by atoms with Gasteiger partial charge in [0.1, 0.15) is 17.3 Å². The van der Waals surface area contributed by atoms with Crippen LogP contribution in [-0.2, 0) is 24.0 Å². The molecule has 37 heavy (non-hydrogen) atoms. The fourth-order valence-corrected chi connectivity index (χ4v) is 8.00. The Morgan fingerprint density at radius 2 is 2.00 bits per heavy atom. The van der Waals surface area contributed by atoms with E-state index >= 15 is 0 Å². The van der Waals surface area contributed by atoms with Crippen LogP contribution in [0.25, 0.3) is 0 Å². The maximum Gasteiger partial charge on any atom is 0.353 e. The molecule has 0 aromatic rings. The molecular formula is C26H38N4O6S. The number of carboxylic acids is 1. The molecule has 0 unspecified atom stereocenters. The highest BCUT2D eigenvalue weighted by Crippen LogP contribution is 2.53. The molecule has 2 amide bonds. The van der Waals surface area contributed by atoms with Crippen LogP contribution in [0.4, 0.5) is 0 Å². The smallest absolute Gasteiger partial charge is 0.353 e. The van der Waals surface area contributed by atoms with Crippen LogP contribution >= 0.6 is 11.8 Å². The van der Waals surface area contributed by atoms with Gasteiger partial charge in [-0.1, -0.05) is 13.8 Å². The minimum atomic E-state index is -1.11. The second-order valence-corrected chi connectivity index (χ2v) is 12.4. The number of carbonyl (C=O) groups excluding carboxylic acids is 4. The van der Waals surface area contributed by atoms with E-state index in [1.54, 1.807) is 7.05 Å². The number of fused-ring (bicyclic) bond motifs is 1. The molecule has 7 atom stereocenters. The highest BCUT2D eigenvalue weighted by atomic mass is 32.2. The van der Waals surface area contributed by atoms with Gasteiger partial charge in [-0.15, -0.1) is 11.8 Å². The van der Waals surface area contributed by atoms with Gasteiger partial charge in [-0.25, -0.2) is 4.79 Å². The summed E-state index contributed by atoms with van der Waals surface area (Å²) in [4.78, 5) is 65.8. The lowest BCUT2D eigenvalue weighted by Gasteiger charge is -2.47. The average molecular weight is 535 g/mol. The third-order valence-electron chi connectivity index (χ3n) is 8.18. The van der Waals surface area contributed by atoms with E-state index in [0.29, 0.717) is 50.3 Å². The molecule has 4 rings (SSSR count). The molecule has 3 fully saturated rings. The molecule has 4 aliphatic rings. The monoisotopic (exact) mass is 534 g/mol. The zero-order chi connectivity index (χ0) is 27.0. The summed E-state index contributed by atoms with van der Waals surface area (Å²) in [5.41, 5.74) is 0.0576. The first-order valence-corrected chi connectivity index (χ1v) is 14.1. The topological polar surface area (TPSA) is 136 Å². The van der Waals surface area contributed by atoms with Gasteiger partial charge < -0.3 is 30.3 Å². The zero-order valence-electron chi connectivity index (χ0n) is 22.0. The number of likely N-dealkylation sites (N-methyl/N-ethyl adjacent to an activating group) is 1. The number of ketones is 2. The van der Waals surface area contributed by atoms with Gasteiger partial charge in [-0.05, 0) is 38.6 Å². The average Bonchev–Trinajstić information content (AvgIpc) is 3.52. The lowest BCUT2D eigenvalue weighted by molar-refractivity contribution is -0.160. The zero-order valence-corrected chi connectivity index (χ0v) is 22.8. The van der Waals surface area contributed by atoms with Crippen LogP contribution in [0.1, 0.15) is 46.5 Å². The SMILES string of the molecule is CNCC(=O)C[C@H]1CCN(C(=O)[C@@H]2C[C@H](SC3=C(C(=O)O)N4C(=O)[C@H]([C@@H](C)CC(C)=O)[C@@H]4[C@H]3C)CN2)C1. The lowest BCUT2D eigenvalue weighted by Crippen LogP contribution is -2.62. The molecule has 0 aliphatic carbocycles. The number of rotatable bonds is 11. The minimum absolute atomic E-state index is 0.0123. The van der Waals surface area contributed by atoms with E-state index < -0.39 is 5.97 Å². The van der Waals surface area contributed by atoms with Gasteiger partial charge in [-0.2, -0.15) is 0 Å². The second-order valence-electron chi connectivity index (χ2n) is 11.1. The predicted molar refractivity (Wildman–Crippen MR) is 138 cm³/mol. The highest BCUT2D eigenvalue weighted by Gasteiger charge is 2.60. The van der Waals surface area contributed by atoms with Gasteiger partial charge in [0.15, 0.2) is 0 Å². The van der Waals surface area contributed by atoms with Crippen LogP contribution < -0.4 is 10.6 Å². The number of Topliss-reactive ketones (excluding diaryl/α,β-unsaturated/α-hetero) is 2. The van der Waals surface area contributed by atoms with E-state index in [0.717, 1.165) is 6.42 Å². The van der Waals surface area contributed by atoms with Crippen molar-refractivity contribution in [2.24, 2.45) is 23.7 Å². The number of hydrogen-bond acceptors (Lipinski definition) is 8. The Labute approximate surface area is 221 Å². The summed E-state index contributed by atoms with van der Waals surface area (Å²) >= 11 is 1.47. The Kier molecular flexibility index (Phi) is 8.45. The van der Waals surface area contributed by atoms with Crippen molar-refractivity contribution in [3.63, 3.8) is 0 Å². The molecule has 11 heteroatoms. The second kappa shape index (κ2) is 11.2. The summed E-state index contributed by atoms with van der Waals surface area (Å²) in [5.74, 6) is -1.55. The highest BCUT2D eigenvalue weighted by molar-refractivity contribution is 8.03. The van der Waals surface area contributed by atoms with Crippen LogP contribution in [0, 0.1) is 23.7 Å². The van der Waals surface area contributed by atoms with Crippen LogP contribution in [-0.4, -0.2) is 94.8 Å². The van der Waals surface area contributed by atoms with Crippen LogP contribution in [0.15, 0.2) is 10.6 Å².